The molecule has 1 aliphatic rings. The Balaban J connectivity index is 2.00. The van der Waals surface area contributed by atoms with Crippen LogP contribution in [0.3, 0.4) is 0 Å². The summed E-state index contributed by atoms with van der Waals surface area (Å²) in [6.07, 6.45) is 10.3. The maximum Gasteiger partial charge on any atom is 0.246 e. The first-order valence-corrected chi connectivity index (χ1v) is 12.7. The van der Waals surface area contributed by atoms with Crippen molar-refractivity contribution in [2.75, 3.05) is 19.6 Å². The van der Waals surface area contributed by atoms with E-state index in [1.165, 1.54) is 32.1 Å². The molecule has 0 unspecified atom stereocenters. The maximum atomic E-state index is 13.3. The van der Waals surface area contributed by atoms with Crippen LogP contribution in [0.1, 0.15) is 76.7 Å². The molecule has 4 N–H and O–H groups in total. The van der Waals surface area contributed by atoms with Crippen molar-refractivity contribution in [3.8, 4) is 0 Å². The van der Waals surface area contributed by atoms with Gasteiger partial charge in [-0.25, -0.2) is 0 Å². The molecule has 184 valence electrons. The molecular formula is C26H42N4O3. The van der Waals surface area contributed by atoms with Crippen molar-refractivity contribution in [2.45, 2.75) is 89.6 Å². The molecule has 1 fully saturated rings. The molecule has 1 aliphatic heterocycles. The van der Waals surface area contributed by atoms with E-state index >= 15 is 0 Å². The third kappa shape index (κ3) is 9.95. The van der Waals surface area contributed by atoms with Gasteiger partial charge in [0.2, 0.25) is 17.7 Å². The van der Waals surface area contributed by atoms with E-state index in [-0.39, 0.29) is 36.7 Å². The fourth-order valence-electron chi connectivity index (χ4n) is 4.35. The van der Waals surface area contributed by atoms with Crippen molar-refractivity contribution in [2.24, 2.45) is 5.73 Å². The second-order valence-electron chi connectivity index (χ2n) is 9.04. The van der Waals surface area contributed by atoms with Gasteiger partial charge in [0.1, 0.15) is 6.04 Å². The van der Waals surface area contributed by atoms with Crippen molar-refractivity contribution in [1.29, 1.82) is 0 Å². The minimum Gasteiger partial charge on any atom is -0.356 e. The van der Waals surface area contributed by atoms with Crippen LogP contribution in [0.4, 0.5) is 0 Å². The Morgan fingerprint density at radius 3 is 2.48 bits per heavy atom. The van der Waals surface area contributed by atoms with Crippen LogP contribution < -0.4 is 16.4 Å². The van der Waals surface area contributed by atoms with E-state index in [0.717, 1.165) is 31.2 Å². The Morgan fingerprint density at radius 2 is 1.79 bits per heavy atom. The lowest BCUT2D eigenvalue weighted by molar-refractivity contribution is -0.147. The minimum atomic E-state index is -0.592. The minimum absolute atomic E-state index is 0.0152. The quantitative estimate of drug-likeness (QED) is 0.331. The zero-order chi connectivity index (χ0) is 23.9. The van der Waals surface area contributed by atoms with Gasteiger partial charge >= 0.3 is 0 Å². The molecular weight excluding hydrogens is 416 g/mol. The van der Waals surface area contributed by atoms with Gasteiger partial charge in [0.25, 0.3) is 0 Å². The number of piperazine rings is 1. The van der Waals surface area contributed by atoms with Gasteiger partial charge in [0.05, 0.1) is 6.54 Å². The number of carbonyl (C=O) groups is 3. The largest absolute Gasteiger partial charge is 0.356 e. The summed E-state index contributed by atoms with van der Waals surface area (Å²) in [5, 5.41) is 5.74. The first-order chi connectivity index (χ1) is 16.0. The number of carbonyl (C=O) groups excluding carboxylic acids is 3. The molecule has 7 heteroatoms. The van der Waals surface area contributed by atoms with Gasteiger partial charge in [0, 0.05) is 25.4 Å². The smallest absolute Gasteiger partial charge is 0.246 e. The molecule has 1 heterocycles. The van der Waals surface area contributed by atoms with Crippen molar-refractivity contribution >= 4 is 17.7 Å². The Kier molecular flexibility index (Phi) is 12.6. The number of hydrogen-bond donors (Lipinski definition) is 3. The average Bonchev–Trinajstić information content (AvgIpc) is 2.80. The summed E-state index contributed by atoms with van der Waals surface area (Å²) in [5.41, 5.74) is 6.52. The summed E-state index contributed by atoms with van der Waals surface area (Å²) in [6, 6.07) is 8.84. The summed E-state index contributed by atoms with van der Waals surface area (Å²) < 4.78 is 0. The number of nitrogens with one attached hydrogen (secondary N) is 2. The molecule has 7 nitrogen and oxygen atoms in total. The van der Waals surface area contributed by atoms with Crippen molar-refractivity contribution in [3.63, 3.8) is 0 Å². The highest BCUT2D eigenvalue weighted by molar-refractivity contribution is 5.95. The normalized spacial score (nSPS) is 17.0. The molecule has 0 saturated carbocycles. The average molecular weight is 459 g/mol. The third-order valence-electron chi connectivity index (χ3n) is 6.22. The Bertz CT molecular complexity index is 726. The molecule has 0 spiro atoms. The number of rotatable bonds is 16. The van der Waals surface area contributed by atoms with E-state index in [1.807, 2.05) is 30.3 Å². The fourth-order valence-corrected chi connectivity index (χ4v) is 4.35. The van der Waals surface area contributed by atoms with Crippen LogP contribution in [0.15, 0.2) is 30.3 Å². The van der Waals surface area contributed by atoms with Crippen LogP contribution in [-0.2, 0) is 20.8 Å². The van der Waals surface area contributed by atoms with Crippen LogP contribution in [0.5, 0.6) is 0 Å². The summed E-state index contributed by atoms with van der Waals surface area (Å²) in [7, 11) is 0. The summed E-state index contributed by atoms with van der Waals surface area (Å²) in [4.78, 5) is 40.0. The summed E-state index contributed by atoms with van der Waals surface area (Å²) in [5.74, 6) is -0.348. The van der Waals surface area contributed by atoms with Crippen molar-refractivity contribution < 1.29 is 14.4 Å². The SMILES string of the molecule is CCCCCCCCC[C@H](CC(=O)NCCCN)N1CC(=O)N[C@@H](Cc2ccccc2)C1=O. The second kappa shape index (κ2) is 15.4. The zero-order valence-corrected chi connectivity index (χ0v) is 20.2. The topological polar surface area (TPSA) is 105 Å². The molecule has 2 rings (SSSR count). The number of benzene rings is 1. The van der Waals surface area contributed by atoms with Gasteiger partial charge in [-0.3, -0.25) is 14.4 Å². The van der Waals surface area contributed by atoms with E-state index in [9.17, 15) is 14.4 Å². The Hall–Kier alpha value is -2.41. The number of amides is 3. The lowest BCUT2D eigenvalue weighted by Crippen LogP contribution is -2.61. The van der Waals surface area contributed by atoms with Crippen molar-refractivity contribution in [3.05, 3.63) is 35.9 Å². The maximum absolute atomic E-state index is 13.3. The van der Waals surface area contributed by atoms with Gasteiger partial charge in [-0.05, 0) is 24.9 Å². The second-order valence-corrected chi connectivity index (χ2v) is 9.04. The van der Waals surface area contributed by atoms with E-state index in [4.69, 9.17) is 5.73 Å². The number of nitrogens with two attached hydrogens (primary N) is 1. The molecule has 1 aromatic rings. The predicted octanol–water partition coefficient (Wildman–Crippen LogP) is 2.92. The molecule has 0 radical (unpaired) electrons. The van der Waals surface area contributed by atoms with Crippen LogP contribution in [-0.4, -0.2) is 54.3 Å². The van der Waals surface area contributed by atoms with E-state index < -0.39 is 6.04 Å². The van der Waals surface area contributed by atoms with Gasteiger partial charge in [-0.15, -0.1) is 0 Å². The molecule has 2 atom stereocenters. The zero-order valence-electron chi connectivity index (χ0n) is 20.2. The highest BCUT2D eigenvalue weighted by Gasteiger charge is 2.37. The highest BCUT2D eigenvalue weighted by atomic mass is 16.2. The summed E-state index contributed by atoms with van der Waals surface area (Å²) in [6.45, 7) is 3.28. The lowest BCUT2D eigenvalue weighted by atomic mass is 9.97. The molecule has 0 aliphatic carbocycles. The van der Waals surface area contributed by atoms with E-state index in [1.54, 1.807) is 4.90 Å². The van der Waals surface area contributed by atoms with Gasteiger partial charge in [-0.2, -0.15) is 0 Å². The van der Waals surface area contributed by atoms with Crippen LogP contribution in [0.25, 0.3) is 0 Å². The molecule has 0 bridgehead atoms. The van der Waals surface area contributed by atoms with Gasteiger partial charge in [0.15, 0.2) is 0 Å². The third-order valence-corrected chi connectivity index (χ3v) is 6.22. The van der Waals surface area contributed by atoms with Crippen LogP contribution >= 0.6 is 0 Å². The van der Waals surface area contributed by atoms with Gasteiger partial charge < -0.3 is 21.3 Å². The molecule has 1 aromatic carbocycles. The van der Waals surface area contributed by atoms with E-state index in [2.05, 4.69) is 17.6 Å². The number of hydrogen-bond acceptors (Lipinski definition) is 4. The first-order valence-electron chi connectivity index (χ1n) is 12.7. The predicted molar refractivity (Wildman–Crippen MR) is 131 cm³/mol. The van der Waals surface area contributed by atoms with Crippen LogP contribution in [0, 0.1) is 0 Å². The molecule has 33 heavy (non-hydrogen) atoms. The van der Waals surface area contributed by atoms with E-state index in [0.29, 0.717) is 19.5 Å². The molecule has 1 saturated heterocycles. The first kappa shape index (κ1) is 26.8. The Morgan fingerprint density at radius 1 is 1.09 bits per heavy atom. The van der Waals surface area contributed by atoms with Crippen LogP contribution in [0.2, 0.25) is 0 Å². The molecule has 0 aromatic heterocycles. The lowest BCUT2D eigenvalue weighted by Gasteiger charge is -2.38. The standard InChI is InChI=1S/C26H42N4O3/c1-2-3-4-5-6-7-11-15-22(19-24(31)28-17-12-16-27)30-20-25(32)29-23(26(30)33)18-21-13-9-8-10-14-21/h8-10,13-14,22-23H,2-7,11-12,15-20,27H2,1H3,(H,28,31)(H,29,32)/t22-,23+/m1/s1. The van der Waals surface area contributed by atoms with Crippen molar-refractivity contribution in [1.82, 2.24) is 15.5 Å². The Labute approximate surface area is 198 Å². The fraction of sp³-hybridized carbons (Fsp3) is 0.654. The molecule has 3 amide bonds. The number of unbranched alkanes of at least 4 members (excludes halogenated alkanes) is 6. The number of nitrogens with zero attached hydrogens (tertiary/aromatic N) is 1. The highest BCUT2D eigenvalue weighted by Crippen LogP contribution is 2.20. The summed E-state index contributed by atoms with van der Waals surface area (Å²) >= 11 is 0. The monoisotopic (exact) mass is 458 g/mol. The van der Waals surface area contributed by atoms with Gasteiger partial charge in [-0.1, -0.05) is 82.2 Å².